The molecule has 1 fully saturated rings. The molecule has 0 bridgehead atoms. The van der Waals surface area contributed by atoms with E-state index in [1.54, 1.807) is 6.08 Å². The standard InChI is InChI=1S/C21H17N3O4S3/c1-12-4-6-13(7-5-12)24-19(27)14(18(22-24)15-3-2-10-30-15)11-16-20(28)23(21(29)31-16)9-8-17(25)26/h2-7,10-11,22H,8-9H2,1H3,(H,25,26). The molecule has 0 aliphatic carbocycles. The first-order chi connectivity index (χ1) is 14.8. The summed E-state index contributed by atoms with van der Waals surface area (Å²) in [6.45, 7) is 1.96. The Morgan fingerprint density at radius 3 is 2.61 bits per heavy atom. The number of carbonyl (C=O) groups is 2. The molecule has 3 heterocycles. The fourth-order valence-electron chi connectivity index (χ4n) is 3.10. The number of rotatable bonds is 6. The van der Waals surface area contributed by atoms with Crippen molar-refractivity contribution in [2.75, 3.05) is 6.54 Å². The molecule has 0 spiro atoms. The average Bonchev–Trinajstić information content (AvgIpc) is 3.42. The molecule has 0 radical (unpaired) electrons. The number of thiophene rings is 1. The van der Waals surface area contributed by atoms with Gasteiger partial charge in [-0.15, -0.1) is 11.3 Å². The number of nitrogens with zero attached hydrogens (tertiary/aromatic N) is 2. The van der Waals surface area contributed by atoms with Crippen molar-refractivity contribution >= 4 is 57.6 Å². The van der Waals surface area contributed by atoms with E-state index in [1.807, 2.05) is 48.7 Å². The molecule has 2 aromatic heterocycles. The van der Waals surface area contributed by atoms with E-state index in [4.69, 9.17) is 17.3 Å². The first-order valence-electron chi connectivity index (χ1n) is 9.28. The van der Waals surface area contributed by atoms with Crippen LogP contribution in [0.3, 0.4) is 0 Å². The van der Waals surface area contributed by atoms with Crippen LogP contribution in [-0.2, 0) is 9.59 Å². The fraction of sp³-hybridized carbons (Fsp3) is 0.143. The van der Waals surface area contributed by atoms with E-state index in [-0.39, 0.29) is 22.8 Å². The van der Waals surface area contributed by atoms with Crippen LogP contribution in [0.1, 0.15) is 17.5 Å². The number of thiocarbonyl (C=S) groups is 1. The number of aliphatic carboxylic acids is 1. The second-order valence-corrected chi connectivity index (χ2v) is 9.45. The molecule has 158 valence electrons. The number of aryl methyl sites for hydroxylation is 1. The summed E-state index contributed by atoms with van der Waals surface area (Å²) in [5, 5.41) is 14.0. The number of amides is 1. The predicted octanol–water partition coefficient (Wildman–Crippen LogP) is 3.88. The third-order valence-corrected chi connectivity index (χ3v) is 6.95. The van der Waals surface area contributed by atoms with Crippen LogP contribution in [0.15, 0.2) is 51.5 Å². The minimum atomic E-state index is -1.01. The largest absolute Gasteiger partial charge is 0.481 e. The number of aromatic nitrogens is 2. The van der Waals surface area contributed by atoms with Gasteiger partial charge in [0.05, 0.1) is 33.1 Å². The maximum atomic E-state index is 13.3. The Hall–Kier alpha value is -2.95. The quantitative estimate of drug-likeness (QED) is 0.419. The first-order valence-corrected chi connectivity index (χ1v) is 11.4. The van der Waals surface area contributed by atoms with Gasteiger partial charge < -0.3 is 5.11 Å². The Morgan fingerprint density at radius 2 is 1.97 bits per heavy atom. The summed E-state index contributed by atoms with van der Waals surface area (Å²) >= 11 is 7.79. The zero-order chi connectivity index (χ0) is 22.1. The maximum Gasteiger partial charge on any atom is 0.305 e. The molecule has 1 aliphatic rings. The van der Waals surface area contributed by atoms with Crippen LogP contribution in [0.4, 0.5) is 0 Å². The van der Waals surface area contributed by atoms with E-state index >= 15 is 0 Å². The lowest BCUT2D eigenvalue weighted by atomic mass is 10.2. The lowest BCUT2D eigenvalue weighted by Crippen LogP contribution is -2.30. The number of carboxylic acid groups (broad SMARTS) is 1. The van der Waals surface area contributed by atoms with Crippen molar-refractivity contribution in [3.05, 3.63) is 68.2 Å². The Bertz CT molecular complexity index is 1250. The Balaban J connectivity index is 1.78. The van der Waals surface area contributed by atoms with E-state index in [9.17, 15) is 14.4 Å². The molecule has 3 aromatic rings. The highest BCUT2D eigenvalue weighted by Crippen LogP contribution is 2.34. The fourth-order valence-corrected chi connectivity index (χ4v) is 5.12. The van der Waals surface area contributed by atoms with Crippen molar-refractivity contribution in [3.8, 4) is 16.3 Å². The molecule has 31 heavy (non-hydrogen) atoms. The summed E-state index contributed by atoms with van der Waals surface area (Å²) in [7, 11) is 0. The van der Waals surface area contributed by atoms with Crippen molar-refractivity contribution in [3.63, 3.8) is 0 Å². The molecular formula is C21H17N3O4S3. The van der Waals surface area contributed by atoms with Gasteiger partial charge >= 0.3 is 5.97 Å². The van der Waals surface area contributed by atoms with Crippen LogP contribution in [0.5, 0.6) is 0 Å². The maximum absolute atomic E-state index is 13.3. The minimum Gasteiger partial charge on any atom is -0.481 e. The topological polar surface area (TPSA) is 95.4 Å². The van der Waals surface area contributed by atoms with Crippen LogP contribution >= 0.6 is 35.3 Å². The molecule has 10 heteroatoms. The summed E-state index contributed by atoms with van der Waals surface area (Å²) in [4.78, 5) is 39.4. The lowest BCUT2D eigenvalue weighted by Gasteiger charge is -2.12. The van der Waals surface area contributed by atoms with Crippen molar-refractivity contribution in [1.29, 1.82) is 0 Å². The van der Waals surface area contributed by atoms with E-state index in [1.165, 1.54) is 20.9 Å². The molecule has 1 amide bonds. The number of hydrogen-bond donors (Lipinski definition) is 2. The second-order valence-electron chi connectivity index (χ2n) is 6.83. The van der Waals surface area contributed by atoms with Gasteiger partial charge in [0.25, 0.3) is 11.5 Å². The molecule has 1 saturated heterocycles. The van der Waals surface area contributed by atoms with Crippen LogP contribution in [-0.4, -0.2) is 42.5 Å². The van der Waals surface area contributed by atoms with Crippen molar-refractivity contribution in [1.82, 2.24) is 14.7 Å². The zero-order valence-corrected chi connectivity index (χ0v) is 18.8. The Kier molecular flexibility index (Phi) is 5.94. The van der Waals surface area contributed by atoms with Crippen LogP contribution in [0.2, 0.25) is 0 Å². The van der Waals surface area contributed by atoms with Crippen LogP contribution in [0, 0.1) is 6.92 Å². The Morgan fingerprint density at radius 1 is 1.23 bits per heavy atom. The number of benzene rings is 1. The summed E-state index contributed by atoms with van der Waals surface area (Å²) in [5.74, 6) is -1.40. The van der Waals surface area contributed by atoms with Gasteiger partial charge in [0.1, 0.15) is 4.32 Å². The lowest BCUT2D eigenvalue weighted by molar-refractivity contribution is -0.137. The van der Waals surface area contributed by atoms with Gasteiger partial charge in [-0.25, -0.2) is 4.68 Å². The smallest absolute Gasteiger partial charge is 0.305 e. The number of thioether (sulfide) groups is 1. The molecular weight excluding hydrogens is 454 g/mol. The van der Waals surface area contributed by atoms with Crippen LogP contribution in [0.25, 0.3) is 22.3 Å². The normalized spacial score (nSPS) is 15.3. The number of carbonyl (C=O) groups excluding carboxylic acids is 1. The van der Waals surface area contributed by atoms with Crippen molar-refractivity contribution in [2.24, 2.45) is 0 Å². The van der Waals surface area contributed by atoms with E-state index in [0.717, 1.165) is 22.2 Å². The van der Waals surface area contributed by atoms with Crippen molar-refractivity contribution < 1.29 is 14.7 Å². The van der Waals surface area contributed by atoms with Gasteiger partial charge in [-0.3, -0.25) is 24.4 Å². The molecule has 0 unspecified atom stereocenters. The highest BCUT2D eigenvalue weighted by Gasteiger charge is 2.33. The predicted molar refractivity (Wildman–Crippen MR) is 127 cm³/mol. The third kappa shape index (κ3) is 4.27. The highest BCUT2D eigenvalue weighted by atomic mass is 32.2. The van der Waals surface area contributed by atoms with Gasteiger partial charge in [0, 0.05) is 6.54 Å². The first kappa shape index (κ1) is 21.3. The molecule has 2 N–H and O–H groups in total. The Labute approximate surface area is 191 Å². The number of hydrogen-bond acceptors (Lipinski definition) is 6. The van der Waals surface area contributed by atoms with E-state index in [2.05, 4.69) is 5.10 Å². The monoisotopic (exact) mass is 471 g/mol. The van der Waals surface area contributed by atoms with Gasteiger partial charge in [-0.05, 0) is 36.6 Å². The minimum absolute atomic E-state index is 0.00411. The summed E-state index contributed by atoms with van der Waals surface area (Å²) in [6, 6.07) is 11.3. The molecule has 0 saturated carbocycles. The number of H-pyrrole nitrogens is 1. The average molecular weight is 472 g/mol. The van der Waals surface area contributed by atoms with Gasteiger partial charge in [-0.1, -0.05) is 47.7 Å². The molecule has 1 aromatic carbocycles. The third-order valence-electron chi connectivity index (χ3n) is 4.68. The number of aromatic amines is 1. The SMILES string of the molecule is Cc1ccc(-n2[nH]c(-c3cccs3)c(C=C3SC(=S)N(CCC(=O)O)C3=O)c2=O)cc1. The van der Waals surface area contributed by atoms with Crippen LogP contribution < -0.4 is 5.56 Å². The molecule has 4 rings (SSSR count). The second kappa shape index (κ2) is 8.66. The highest BCUT2D eigenvalue weighted by molar-refractivity contribution is 8.26. The van der Waals surface area contributed by atoms with Gasteiger partial charge in [0.2, 0.25) is 0 Å². The van der Waals surface area contributed by atoms with E-state index in [0.29, 0.717) is 21.8 Å². The number of nitrogens with one attached hydrogen (secondary N) is 1. The molecule has 0 atom stereocenters. The molecule has 7 nitrogen and oxygen atoms in total. The van der Waals surface area contributed by atoms with Gasteiger partial charge in [-0.2, -0.15) is 0 Å². The van der Waals surface area contributed by atoms with Crippen molar-refractivity contribution in [2.45, 2.75) is 13.3 Å². The zero-order valence-electron chi connectivity index (χ0n) is 16.3. The summed E-state index contributed by atoms with van der Waals surface area (Å²) in [5.41, 5.74) is 2.43. The van der Waals surface area contributed by atoms with E-state index < -0.39 is 11.9 Å². The molecule has 1 aliphatic heterocycles. The summed E-state index contributed by atoms with van der Waals surface area (Å²) < 4.78 is 1.73. The summed E-state index contributed by atoms with van der Waals surface area (Å²) in [6.07, 6.45) is 1.34. The number of carboxylic acids is 1. The van der Waals surface area contributed by atoms with Gasteiger partial charge in [0.15, 0.2) is 0 Å².